The smallest absolute Gasteiger partial charge is 0.122 e. The highest BCUT2D eigenvalue weighted by Gasteiger charge is 2.28. The Balaban J connectivity index is 1.97. The van der Waals surface area contributed by atoms with Gasteiger partial charge in [-0.25, -0.2) is 0 Å². The monoisotopic (exact) mass is 281 g/mol. The maximum atomic E-state index is 5.80. The summed E-state index contributed by atoms with van der Waals surface area (Å²) in [6.07, 6.45) is 2.13. The zero-order valence-electron chi connectivity index (χ0n) is 12.8. The van der Waals surface area contributed by atoms with E-state index in [0.29, 0.717) is 12.0 Å². The second kappa shape index (κ2) is 6.31. The molecule has 0 fully saturated rings. The topological polar surface area (TPSA) is 21.3 Å². The lowest BCUT2D eigenvalue weighted by Crippen LogP contribution is -2.28. The van der Waals surface area contributed by atoms with E-state index >= 15 is 0 Å². The molecule has 3 rings (SSSR count). The van der Waals surface area contributed by atoms with Gasteiger partial charge in [0.1, 0.15) is 5.75 Å². The molecule has 2 unspecified atom stereocenters. The summed E-state index contributed by atoms with van der Waals surface area (Å²) < 4.78 is 5.80. The Hall–Kier alpha value is -1.80. The van der Waals surface area contributed by atoms with Crippen molar-refractivity contribution in [2.45, 2.75) is 31.7 Å². The highest BCUT2D eigenvalue weighted by molar-refractivity contribution is 5.40. The van der Waals surface area contributed by atoms with Crippen LogP contribution in [0.25, 0.3) is 0 Å². The number of benzene rings is 2. The van der Waals surface area contributed by atoms with E-state index in [0.717, 1.165) is 25.2 Å². The maximum Gasteiger partial charge on any atom is 0.122 e. The number of likely N-dealkylation sites (N-methyl/N-ethyl adjacent to an activating group) is 1. The Labute approximate surface area is 127 Å². The molecule has 110 valence electrons. The van der Waals surface area contributed by atoms with Gasteiger partial charge in [-0.1, -0.05) is 49.4 Å². The molecule has 0 aliphatic carbocycles. The summed E-state index contributed by atoms with van der Waals surface area (Å²) in [4.78, 5) is 0. The van der Waals surface area contributed by atoms with Gasteiger partial charge < -0.3 is 10.1 Å². The Kier molecular flexibility index (Phi) is 4.26. The minimum atomic E-state index is 0.335. The minimum Gasteiger partial charge on any atom is -0.493 e. The predicted molar refractivity (Wildman–Crippen MR) is 86.9 cm³/mol. The first kappa shape index (κ1) is 14.2. The quantitative estimate of drug-likeness (QED) is 0.912. The number of hydrogen-bond acceptors (Lipinski definition) is 2. The maximum absolute atomic E-state index is 5.80. The van der Waals surface area contributed by atoms with Crippen LogP contribution in [0.2, 0.25) is 0 Å². The molecule has 2 aromatic rings. The van der Waals surface area contributed by atoms with Crippen molar-refractivity contribution < 1.29 is 4.74 Å². The molecule has 0 bridgehead atoms. The lowest BCUT2D eigenvalue weighted by atomic mass is 9.83. The zero-order valence-corrected chi connectivity index (χ0v) is 12.8. The second-order valence-electron chi connectivity index (χ2n) is 5.65. The van der Waals surface area contributed by atoms with Crippen LogP contribution in [-0.2, 0) is 6.42 Å². The van der Waals surface area contributed by atoms with E-state index < -0.39 is 0 Å². The standard InChI is InChI=1S/C19H23NO/c1-3-14-7-6-8-15(13-14)19(20-2)17-11-12-21-18-10-5-4-9-16(17)18/h4-10,13,17,19-20H,3,11-12H2,1-2H3. The highest BCUT2D eigenvalue weighted by Crippen LogP contribution is 2.41. The van der Waals surface area contributed by atoms with Crippen molar-refractivity contribution in [1.29, 1.82) is 0 Å². The second-order valence-corrected chi connectivity index (χ2v) is 5.65. The fourth-order valence-electron chi connectivity index (χ4n) is 3.32. The zero-order chi connectivity index (χ0) is 14.7. The largest absolute Gasteiger partial charge is 0.493 e. The van der Waals surface area contributed by atoms with Crippen molar-refractivity contribution in [3.8, 4) is 5.75 Å². The average molecular weight is 281 g/mol. The summed E-state index contributed by atoms with van der Waals surface area (Å²) in [6, 6.07) is 17.7. The lowest BCUT2D eigenvalue weighted by Gasteiger charge is -2.32. The number of rotatable bonds is 4. The molecule has 1 aliphatic heterocycles. The van der Waals surface area contributed by atoms with Crippen LogP contribution in [0.4, 0.5) is 0 Å². The van der Waals surface area contributed by atoms with Crippen LogP contribution >= 0.6 is 0 Å². The van der Waals surface area contributed by atoms with E-state index in [1.165, 1.54) is 16.7 Å². The van der Waals surface area contributed by atoms with Crippen molar-refractivity contribution in [1.82, 2.24) is 5.32 Å². The van der Waals surface area contributed by atoms with Crippen molar-refractivity contribution in [2.24, 2.45) is 0 Å². The molecule has 0 amide bonds. The van der Waals surface area contributed by atoms with Gasteiger partial charge in [-0.15, -0.1) is 0 Å². The Morgan fingerprint density at radius 3 is 2.86 bits per heavy atom. The summed E-state index contributed by atoms with van der Waals surface area (Å²) in [5.74, 6) is 1.51. The van der Waals surface area contributed by atoms with Gasteiger partial charge in [0.15, 0.2) is 0 Å². The molecule has 0 saturated carbocycles. The van der Waals surface area contributed by atoms with Crippen LogP contribution in [0.1, 0.15) is 42.0 Å². The molecule has 1 aliphatic rings. The van der Waals surface area contributed by atoms with Gasteiger partial charge in [-0.05, 0) is 42.6 Å². The fourth-order valence-corrected chi connectivity index (χ4v) is 3.32. The molecular weight excluding hydrogens is 258 g/mol. The summed E-state index contributed by atoms with van der Waals surface area (Å²) >= 11 is 0. The van der Waals surface area contributed by atoms with E-state index in [1.807, 2.05) is 6.07 Å². The van der Waals surface area contributed by atoms with E-state index in [2.05, 4.69) is 61.8 Å². The number of hydrogen-bond donors (Lipinski definition) is 1. The number of para-hydroxylation sites is 1. The molecule has 0 aromatic heterocycles. The molecule has 2 heteroatoms. The molecule has 0 saturated heterocycles. The first-order valence-corrected chi connectivity index (χ1v) is 7.81. The van der Waals surface area contributed by atoms with Crippen molar-refractivity contribution in [3.05, 3.63) is 65.2 Å². The van der Waals surface area contributed by atoms with Crippen LogP contribution in [0.5, 0.6) is 5.75 Å². The number of fused-ring (bicyclic) bond motifs is 1. The summed E-state index contributed by atoms with van der Waals surface area (Å²) in [6.45, 7) is 3.00. The Morgan fingerprint density at radius 1 is 1.19 bits per heavy atom. The van der Waals surface area contributed by atoms with Crippen LogP contribution < -0.4 is 10.1 Å². The molecule has 0 spiro atoms. The minimum absolute atomic E-state index is 0.335. The van der Waals surface area contributed by atoms with Crippen LogP contribution in [-0.4, -0.2) is 13.7 Å². The number of ether oxygens (including phenoxy) is 1. The van der Waals surface area contributed by atoms with Gasteiger partial charge in [-0.2, -0.15) is 0 Å². The van der Waals surface area contributed by atoms with E-state index in [4.69, 9.17) is 4.74 Å². The van der Waals surface area contributed by atoms with Gasteiger partial charge in [0.2, 0.25) is 0 Å². The molecule has 1 N–H and O–H groups in total. The van der Waals surface area contributed by atoms with E-state index in [9.17, 15) is 0 Å². The number of aryl methyl sites for hydroxylation is 1. The van der Waals surface area contributed by atoms with Crippen LogP contribution in [0, 0.1) is 0 Å². The molecular formula is C19H23NO. The third-order valence-electron chi connectivity index (χ3n) is 4.44. The fraction of sp³-hybridized carbons (Fsp3) is 0.368. The Morgan fingerprint density at radius 2 is 2.05 bits per heavy atom. The normalized spacial score (nSPS) is 18.7. The lowest BCUT2D eigenvalue weighted by molar-refractivity contribution is 0.248. The first-order valence-electron chi connectivity index (χ1n) is 7.81. The molecule has 1 heterocycles. The van der Waals surface area contributed by atoms with E-state index in [1.54, 1.807) is 0 Å². The van der Waals surface area contributed by atoms with Gasteiger partial charge >= 0.3 is 0 Å². The van der Waals surface area contributed by atoms with E-state index in [-0.39, 0.29) is 0 Å². The molecule has 2 atom stereocenters. The SMILES string of the molecule is CCc1cccc(C(NC)C2CCOc3ccccc32)c1. The molecule has 21 heavy (non-hydrogen) atoms. The van der Waals surface area contributed by atoms with Crippen LogP contribution in [0.15, 0.2) is 48.5 Å². The van der Waals surface area contributed by atoms with Gasteiger partial charge in [0.05, 0.1) is 6.61 Å². The van der Waals surface area contributed by atoms with Gasteiger partial charge in [0.25, 0.3) is 0 Å². The third-order valence-corrected chi connectivity index (χ3v) is 4.44. The third kappa shape index (κ3) is 2.81. The van der Waals surface area contributed by atoms with Crippen LogP contribution in [0.3, 0.4) is 0 Å². The predicted octanol–water partition coefficient (Wildman–Crippen LogP) is 4.08. The average Bonchev–Trinajstić information content (AvgIpc) is 2.56. The number of nitrogens with one attached hydrogen (secondary N) is 1. The molecule has 2 nitrogen and oxygen atoms in total. The summed E-state index contributed by atoms with van der Waals surface area (Å²) in [5, 5.41) is 3.52. The van der Waals surface area contributed by atoms with Gasteiger partial charge in [-0.3, -0.25) is 0 Å². The highest BCUT2D eigenvalue weighted by atomic mass is 16.5. The summed E-state index contributed by atoms with van der Waals surface area (Å²) in [7, 11) is 2.06. The first-order chi connectivity index (χ1) is 10.3. The van der Waals surface area contributed by atoms with Crippen molar-refractivity contribution in [3.63, 3.8) is 0 Å². The Bertz CT molecular complexity index is 608. The van der Waals surface area contributed by atoms with Crippen molar-refractivity contribution in [2.75, 3.05) is 13.7 Å². The van der Waals surface area contributed by atoms with Crippen molar-refractivity contribution >= 4 is 0 Å². The summed E-state index contributed by atoms with van der Waals surface area (Å²) in [5.41, 5.74) is 4.09. The molecule has 2 aromatic carbocycles. The van der Waals surface area contributed by atoms with Gasteiger partial charge in [0, 0.05) is 12.0 Å². The molecule has 0 radical (unpaired) electrons.